The minimum atomic E-state index is -0.426. The van der Waals surface area contributed by atoms with E-state index in [1.54, 1.807) is 0 Å². The van der Waals surface area contributed by atoms with E-state index in [2.05, 4.69) is 193 Å². The van der Waals surface area contributed by atoms with E-state index in [9.17, 15) is 0 Å². The molecule has 10 aromatic rings. The Morgan fingerprint density at radius 3 is 1.91 bits per heavy atom. The summed E-state index contributed by atoms with van der Waals surface area (Å²) in [6, 6.07) is 70.2. The quantitative estimate of drug-likeness (QED) is 0.178. The molecular weight excluding hydrogens is 659 g/mol. The molecule has 1 nitrogen and oxygen atoms in total. The molecule has 9 aromatic carbocycles. The average molecular weight is 690 g/mol. The van der Waals surface area contributed by atoms with Crippen LogP contribution in [0.15, 0.2) is 188 Å². The van der Waals surface area contributed by atoms with Crippen LogP contribution in [0.25, 0.3) is 64.0 Å². The lowest BCUT2D eigenvalue weighted by molar-refractivity contribution is 0.802. The molecule has 12 rings (SSSR count). The summed E-state index contributed by atoms with van der Waals surface area (Å²) < 4.78 is 2.61. The fourth-order valence-corrected chi connectivity index (χ4v) is 11.0. The first-order chi connectivity index (χ1) is 26.3. The average Bonchev–Trinajstić information content (AvgIpc) is 3.86. The summed E-state index contributed by atoms with van der Waals surface area (Å²) in [6.45, 7) is 0. The van der Waals surface area contributed by atoms with Gasteiger partial charge in [0, 0.05) is 26.8 Å². The maximum Gasteiger partial charge on any atom is 0.0731 e. The number of thiophene rings is 1. The van der Waals surface area contributed by atoms with Gasteiger partial charge in [0.05, 0.1) is 15.8 Å². The molecule has 0 amide bonds. The molecule has 1 heterocycles. The lowest BCUT2D eigenvalue weighted by Gasteiger charge is -2.32. The number of benzene rings is 9. The van der Waals surface area contributed by atoms with Gasteiger partial charge in [0.25, 0.3) is 0 Å². The summed E-state index contributed by atoms with van der Waals surface area (Å²) >= 11 is 1.88. The Kier molecular flexibility index (Phi) is 5.92. The third-order valence-corrected chi connectivity index (χ3v) is 13.0. The number of hydrogen-bond acceptors (Lipinski definition) is 2. The largest absolute Gasteiger partial charge is 0.309 e. The third-order valence-electron chi connectivity index (χ3n) is 11.8. The van der Waals surface area contributed by atoms with Crippen LogP contribution in [-0.4, -0.2) is 0 Å². The van der Waals surface area contributed by atoms with Crippen molar-refractivity contribution in [3.63, 3.8) is 0 Å². The molecule has 1 aromatic heterocycles. The molecule has 0 radical (unpaired) electrons. The zero-order valence-electron chi connectivity index (χ0n) is 28.8. The fraction of sp³-hybridized carbons (Fsp3) is 0.0196. The highest BCUT2D eigenvalue weighted by Gasteiger charge is 2.52. The van der Waals surface area contributed by atoms with E-state index in [0.717, 1.165) is 11.4 Å². The molecule has 0 unspecified atom stereocenters. The van der Waals surface area contributed by atoms with E-state index >= 15 is 0 Å². The molecule has 2 aliphatic carbocycles. The predicted molar refractivity (Wildman–Crippen MR) is 225 cm³/mol. The van der Waals surface area contributed by atoms with Crippen LogP contribution in [0.3, 0.4) is 0 Å². The summed E-state index contributed by atoms with van der Waals surface area (Å²) in [5.74, 6) is 0. The van der Waals surface area contributed by atoms with Gasteiger partial charge in [-0.25, -0.2) is 0 Å². The summed E-state index contributed by atoms with van der Waals surface area (Å²) in [5.41, 5.74) is 13.9. The first-order valence-electron chi connectivity index (χ1n) is 18.4. The number of rotatable bonds is 3. The van der Waals surface area contributed by atoms with Gasteiger partial charge in [-0.3, -0.25) is 0 Å². The van der Waals surface area contributed by atoms with Crippen molar-refractivity contribution in [2.75, 3.05) is 4.90 Å². The first kappa shape index (κ1) is 29.1. The number of anilines is 3. The number of para-hydroxylation sites is 1. The van der Waals surface area contributed by atoms with Crippen molar-refractivity contribution in [3.8, 4) is 22.3 Å². The van der Waals surface area contributed by atoms with Crippen LogP contribution in [-0.2, 0) is 5.41 Å². The molecule has 0 N–H and O–H groups in total. The maximum absolute atomic E-state index is 2.45. The monoisotopic (exact) mass is 689 g/mol. The predicted octanol–water partition coefficient (Wildman–Crippen LogP) is 14.2. The zero-order valence-corrected chi connectivity index (χ0v) is 29.6. The third kappa shape index (κ3) is 3.81. The van der Waals surface area contributed by atoms with Crippen molar-refractivity contribution in [3.05, 3.63) is 210 Å². The molecule has 246 valence electrons. The molecule has 0 saturated heterocycles. The number of hydrogen-bond donors (Lipinski definition) is 0. The maximum atomic E-state index is 2.45. The zero-order chi connectivity index (χ0) is 34.7. The second-order valence-corrected chi connectivity index (χ2v) is 15.4. The second-order valence-electron chi connectivity index (χ2n) is 14.4. The van der Waals surface area contributed by atoms with Gasteiger partial charge >= 0.3 is 0 Å². The minimum absolute atomic E-state index is 0.426. The van der Waals surface area contributed by atoms with Crippen molar-refractivity contribution >= 4 is 70.1 Å². The van der Waals surface area contributed by atoms with Crippen molar-refractivity contribution in [1.29, 1.82) is 0 Å². The first-order valence-corrected chi connectivity index (χ1v) is 19.2. The van der Waals surface area contributed by atoms with E-state index in [4.69, 9.17) is 0 Å². The molecule has 0 fully saturated rings. The molecular formula is C51H31NS. The van der Waals surface area contributed by atoms with Crippen molar-refractivity contribution < 1.29 is 0 Å². The highest BCUT2D eigenvalue weighted by Crippen LogP contribution is 2.65. The van der Waals surface area contributed by atoms with Crippen LogP contribution >= 0.6 is 11.3 Å². The van der Waals surface area contributed by atoms with Crippen LogP contribution < -0.4 is 4.90 Å². The topological polar surface area (TPSA) is 3.24 Å². The van der Waals surface area contributed by atoms with Gasteiger partial charge in [-0.15, -0.1) is 11.3 Å². The summed E-state index contributed by atoms with van der Waals surface area (Å²) in [6.07, 6.45) is 0. The fourth-order valence-electron chi connectivity index (χ4n) is 9.78. The van der Waals surface area contributed by atoms with Crippen molar-refractivity contribution in [2.45, 2.75) is 5.41 Å². The Balaban J connectivity index is 1.16. The van der Waals surface area contributed by atoms with Crippen LogP contribution in [0.1, 0.15) is 22.3 Å². The molecule has 2 aliphatic rings. The van der Waals surface area contributed by atoms with Gasteiger partial charge in [-0.05, 0) is 102 Å². The van der Waals surface area contributed by atoms with Crippen LogP contribution in [0.2, 0.25) is 0 Å². The highest BCUT2D eigenvalue weighted by atomic mass is 32.1. The molecule has 0 aliphatic heterocycles. The Morgan fingerprint density at radius 1 is 0.396 bits per heavy atom. The van der Waals surface area contributed by atoms with Gasteiger partial charge in [-0.2, -0.15) is 0 Å². The lowest BCUT2D eigenvalue weighted by atomic mass is 9.69. The molecule has 0 atom stereocenters. The number of nitrogens with zero attached hydrogens (tertiary/aromatic N) is 1. The summed E-state index contributed by atoms with van der Waals surface area (Å²) in [7, 11) is 0. The van der Waals surface area contributed by atoms with E-state index in [0.29, 0.717) is 0 Å². The normalized spacial score (nSPS) is 13.4. The molecule has 1 spiro atoms. The Hall–Kier alpha value is -6.48. The highest BCUT2D eigenvalue weighted by molar-refractivity contribution is 7.26. The van der Waals surface area contributed by atoms with Gasteiger partial charge in [0.2, 0.25) is 0 Å². The van der Waals surface area contributed by atoms with Gasteiger partial charge < -0.3 is 4.90 Å². The minimum Gasteiger partial charge on any atom is -0.309 e. The van der Waals surface area contributed by atoms with E-state index in [1.807, 2.05) is 11.3 Å². The number of fused-ring (bicyclic) bond motifs is 17. The van der Waals surface area contributed by atoms with Crippen LogP contribution in [0.5, 0.6) is 0 Å². The second kappa shape index (κ2) is 10.8. The van der Waals surface area contributed by atoms with Crippen molar-refractivity contribution in [1.82, 2.24) is 0 Å². The van der Waals surface area contributed by atoms with Gasteiger partial charge in [0.15, 0.2) is 0 Å². The van der Waals surface area contributed by atoms with Crippen molar-refractivity contribution in [2.24, 2.45) is 0 Å². The Bertz CT molecular complexity index is 3090. The lowest BCUT2D eigenvalue weighted by Crippen LogP contribution is -2.26. The summed E-state index contributed by atoms with van der Waals surface area (Å²) in [4.78, 5) is 2.45. The Morgan fingerprint density at radius 2 is 1.08 bits per heavy atom. The van der Waals surface area contributed by atoms with Crippen LogP contribution in [0.4, 0.5) is 17.1 Å². The molecule has 53 heavy (non-hydrogen) atoms. The molecule has 0 bridgehead atoms. The standard InChI is InChI=1S/C51H31NS/c1-2-14-34(15-3-1)52(46-23-12-20-41-40-19-8-11-24-47(40)53-50(41)46)35-27-29-37-33(31-35)25-28-42-48-36-16-5-4-13-32(36)26-30-45(48)51(49(37)42)43-21-9-6-17-38(43)39-18-7-10-22-44(39)51/h1-31H. The van der Waals surface area contributed by atoms with E-state index < -0.39 is 5.41 Å². The van der Waals surface area contributed by atoms with Gasteiger partial charge in [-0.1, -0.05) is 152 Å². The smallest absolute Gasteiger partial charge is 0.0731 e. The van der Waals surface area contributed by atoms with E-state index in [-0.39, 0.29) is 0 Å². The Labute approximate surface area is 311 Å². The van der Waals surface area contributed by atoms with Gasteiger partial charge in [0.1, 0.15) is 0 Å². The van der Waals surface area contributed by atoms with Crippen LogP contribution in [0, 0.1) is 0 Å². The molecule has 0 saturated carbocycles. The van der Waals surface area contributed by atoms with E-state index in [1.165, 1.54) is 91.9 Å². The summed E-state index contributed by atoms with van der Waals surface area (Å²) in [5, 5.41) is 7.74. The molecule has 2 heteroatoms. The SMILES string of the molecule is c1ccc(N(c2ccc3c4c(ccc3c2)-c2c(ccc3ccccc23)C42c3ccccc3-c3ccccc32)c2cccc3c2sc2ccccc23)cc1.